The molecule has 20 heavy (non-hydrogen) atoms. The van der Waals surface area contributed by atoms with Crippen LogP contribution in [0, 0.1) is 0 Å². The van der Waals surface area contributed by atoms with Gasteiger partial charge in [0.1, 0.15) is 0 Å². The van der Waals surface area contributed by atoms with Gasteiger partial charge in [0, 0.05) is 0 Å². The Labute approximate surface area is 125 Å². The first-order valence-corrected chi connectivity index (χ1v) is 11.0. The number of rotatable bonds is 4. The molecule has 1 fully saturated rings. The van der Waals surface area contributed by atoms with Gasteiger partial charge in [-0.05, 0) is 56.0 Å². The van der Waals surface area contributed by atoms with Crippen molar-refractivity contribution in [3.05, 3.63) is 60.7 Å². The summed E-state index contributed by atoms with van der Waals surface area (Å²) >= 11 is 0. The highest BCUT2D eigenvalue weighted by Gasteiger charge is 2.27. The molecule has 2 aromatic carbocycles. The number of hydrogen-bond acceptors (Lipinski definition) is 0. The second-order valence-electron chi connectivity index (χ2n) is 5.56. The van der Waals surface area contributed by atoms with Gasteiger partial charge in [-0.25, -0.2) is 0 Å². The zero-order valence-corrected chi connectivity index (χ0v) is 13.9. The standard InChI is InChI=1S/C18H22P2/c1-19-14-8-13-18(19)15-20(16-9-4-2-5-10-16)17-11-6-3-7-12-17/h2-7,9-12,18H,8,13-15H2,1H3. The predicted octanol–water partition coefficient (Wildman–Crippen LogP) is 4.39. The Balaban J connectivity index is 1.88. The summed E-state index contributed by atoms with van der Waals surface area (Å²) in [6.07, 6.45) is 5.80. The molecule has 1 saturated heterocycles. The molecular formula is C18H22P2. The molecule has 0 N–H and O–H groups in total. The second kappa shape index (κ2) is 6.84. The minimum Gasteiger partial charge on any atom is -0.106 e. The van der Waals surface area contributed by atoms with Gasteiger partial charge in [-0.2, -0.15) is 0 Å². The molecule has 0 saturated carbocycles. The van der Waals surface area contributed by atoms with E-state index in [2.05, 4.69) is 67.3 Å². The lowest BCUT2D eigenvalue weighted by Gasteiger charge is -2.24. The molecule has 3 rings (SSSR count). The van der Waals surface area contributed by atoms with Gasteiger partial charge in [-0.1, -0.05) is 60.7 Å². The topological polar surface area (TPSA) is 0 Å². The zero-order chi connectivity index (χ0) is 13.8. The van der Waals surface area contributed by atoms with E-state index in [4.69, 9.17) is 0 Å². The van der Waals surface area contributed by atoms with Crippen molar-refractivity contribution >= 4 is 26.5 Å². The smallest absolute Gasteiger partial charge is 0.0166 e. The van der Waals surface area contributed by atoms with E-state index in [1.165, 1.54) is 25.2 Å². The first kappa shape index (κ1) is 14.2. The zero-order valence-electron chi connectivity index (χ0n) is 12.1. The summed E-state index contributed by atoms with van der Waals surface area (Å²) in [7, 11) is 0.102. The SMILES string of the molecule is CP1CCCC1CP(c1ccccc1)c1ccccc1. The van der Waals surface area contributed by atoms with Crippen LogP contribution in [0.25, 0.3) is 0 Å². The largest absolute Gasteiger partial charge is 0.106 e. The number of hydrogen-bond donors (Lipinski definition) is 0. The van der Waals surface area contributed by atoms with Crippen molar-refractivity contribution in [1.82, 2.24) is 0 Å². The molecule has 0 bridgehead atoms. The van der Waals surface area contributed by atoms with E-state index in [9.17, 15) is 0 Å². The Morgan fingerprint density at radius 1 is 0.950 bits per heavy atom. The molecule has 2 unspecified atom stereocenters. The molecule has 1 aliphatic rings. The van der Waals surface area contributed by atoms with Crippen LogP contribution < -0.4 is 10.6 Å². The minimum absolute atomic E-state index is 0.172. The van der Waals surface area contributed by atoms with E-state index in [1.807, 2.05) is 0 Å². The summed E-state index contributed by atoms with van der Waals surface area (Å²) in [4.78, 5) is 0. The van der Waals surface area contributed by atoms with Crippen LogP contribution in [0.2, 0.25) is 0 Å². The van der Waals surface area contributed by atoms with Gasteiger partial charge >= 0.3 is 0 Å². The van der Waals surface area contributed by atoms with E-state index in [-0.39, 0.29) is 15.8 Å². The monoisotopic (exact) mass is 300 g/mol. The van der Waals surface area contributed by atoms with Crippen molar-refractivity contribution in [2.75, 3.05) is 19.0 Å². The van der Waals surface area contributed by atoms with Crippen LogP contribution in [-0.4, -0.2) is 24.6 Å². The molecule has 0 nitrogen and oxygen atoms in total. The fourth-order valence-electron chi connectivity index (χ4n) is 3.00. The third kappa shape index (κ3) is 3.30. The molecular weight excluding hydrogens is 278 g/mol. The Morgan fingerprint density at radius 3 is 1.95 bits per heavy atom. The Morgan fingerprint density at radius 2 is 1.50 bits per heavy atom. The number of benzene rings is 2. The maximum atomic E-state index is 2.51. The maximum Gasteiger partial charge on any atom is -0.0166 e. The highest BCUT2D eigenvalue weighted by molar-refractivity contribution is 7.74. The van der Waals surface area contributed by atoms with E-state index < -0.39 is 0 Å². The summed E-state index contributed by atoms with van der Waals surface area (Å²) in [6, 6.07) is 22.3. The fourth-order valence-corrected chi connectivity index (χ4v) is 8.66. The van der Waals surface area contributed by atoms with Gasteiger partial charge in [0.15, 0.2) is 0 Å². The normalized spacial score (nSPS) is 22.3. The Hall–Kier alpha value is -0.700. The van der Waals surface area contributed by atoms with Crippen molar-refractivity contribution < 1.29 is 0 Å². The van der Waals surface area contributed by atoms with Crippen molar-refractivity contribution in [3.8, 4) is 0 Å². The average Bonchev–Trinajstić information content (AvgIpc) is 2.92. The van der Waals surface area contributed by atoms with Crippen LogP contribution in [0.5, 0.6) is 0 Å². The van der Waals surface area contributed by atoms with Crippen molar-refractivity contribution in [2.45, 2.75) is 18.5 Å². The predicted molar refractivity (Wildman–Crippen MR) is 94.7 cm³/mol. The molecule has 1 aliphatic heterocycles. The molecule has 104 valence electrons. The van der Waals surface area contributed by atoms with E-state index in [1.54, 1.807) is 10.6 Å². The van der Waals surface area contributed by atoms with Crippen LogP contribution in [0.1, 0.15) is 12.8 Å². The maximum absolute atomic E-state index is 2.51. The summed E-state index contributed by atoms with van der Waals surface area (Å²) in [6.45, 7) is 2.51. The van der Waals surface area contributed by atoms with Gasteiger partial charge in [0.05, 0.1) is 0 Å². The molecule has 0 spiro atoms. The quantitative estimate of drug-likeness (QED) is 0.734. The van der Waals surface area contributed by atoms with Crippen LogP contribution in [0.3, 0.4) is 0 Å². The summed E-state index contributed by atoms with van der Waals surface area (Å²) < 4.78 is 0. The summed E-state index contributed by atoms with van der Waals surface area (Å²) in [5.74, 6) is 0. The lowest BCUT2D eigenvalue weighted by Crippen LogP contribution is -2.19. The van der Waals surface area contributed by atoms with Gasteiger partial charge in [0.25, 0.3) is 0 Å². The molecule has 0 amide bonds. The van der Waals surface area contributed by atoms with Crippen LogP contribution in [-0.2, 0) is 0 Å². The fraction of sp³-hybridized carbons (Fsp3) is 0.333. The lowest BCUT2D eigenvalue weighted by atomic mass is 10.3. The van der Waals surface area contributed by atoms with E-state index >= 15 is 0 Å². The van der Waals surface area contributed by atoms with Gasteiger partial charge in [0.2, 0.25) is 0 Å². The van der Waals surface area contributed by atoms with Gasteiger partial charge < -0.3 is 0 Å². The molecule has 2 atom stereocenters. The van der Waals surface area contributed by atoms with Crippen molar-refractivity contribution in [2.24, 2.45) is 0 Å². The highest BCUT2D eigenvalue weighted by Crippen LogP contribution is 2.51. The van der Waals surface area contributed by atoms with Crippen LogP contribution in [0.4, 0.5) is 0 Å². The summed E-state index contributed by atoms with van der Waals surface area (Å²) in [5.41, 5.74) is 0.983. The van der Waals surface area contributed by atoms with E-state index in [0.717, 1.165) is 5.66 Å². The van der Waals surface area contributed by atoms with Crippen LogP contribution in [0.15, 0.2) is 60.7 Å². The lowest BCUT2D eigenvalue weighted by molar-refractivity contribution is 0.841. The molecule has 0 radical (unpaired) electrons. The first-order valence-electron chi connectivity index (χ1n) is 7.42. The highest BCUT2D eigenvalue weighted by atomic mass is 31.1. The second-order valence-corrected chi connectivity index (χ2v) is 10.5. The van der Waals surface area contributed by atoms with Gasteiger partial charge in [-0.3, -0.25) is 0 Å². The Bertz CT molecular complexity index is 484. The van der Waals surface area contributed by atoms with Crippen molar-refractivity contribution in [3.63, 3.8) is 0 Å². The van der Waals surface area contributed by atoms with Crippen molar-refractivity contribution in [1.29, 1.82) is 0 Å². The molecule has 2 aromatic rings. The molecule has 0 aliphatic carbocycles. The average molecular weight is 300 g/mol. The minimum atomic E-state index is -0.172. The summed E-state index contributed by atoms with van der Waals surface area (Å²) in [5, 5.41) is 3.09. The first-order chi connectivity index (χ1) is 9.84. The third-order valence-corrected chi connectivity index (χ3v) is 9.85. The van der Waals surface area contributed by atoms with Gasteiger partial charge in [-0.15, -0.1) is 7.92 Å². The third-order valence-electron chi connectivity index (χ3n) is 4.20. The molecule has 1 heterocycles. The van der Waals surface area contributed by atoms with E-state index in [0.29, 0.717) is 0 Å². The van der Waals surface area contributed by atoms with Crippen LogP contribution >= 0.6 is 15.8 Å². The Kier molecular flexibility index (Phi) is 4.87. The molecule has 2 heteroatoms. The molecule has 0 aromatic heterocycles.